The first kappa shape index (κ1) is 27.7. The molecule has 0 spiro atoms. The second-order valence-electron chi connectivity index (χ2n) is 9.92. The number of fused-ring (bicyclic) bond motifs is 1. The zero-order valence-corrected chi connectivity index (χ0v) is 22.1. The largest absolute Gasteiger partial charge is 0.493 e. The fourth-order valence-electron chi connectivity index (χ4n) is 5.79. The number of nitrogens with one attached hydrogen (secondary N) is 1. The summed E-state index contributed by atoms with van der Waals surface area (Å²) in [4.78, 5) is 52.1. The molecule has 3 N–H and O–H groups in total. The smallest absolute Gasteiger partial charge is 0.327 e. The molecule has 5 atom stereocenters. The number of hydrogen-bond donors (Lipinski definition) is 3. The molecule has 2 amide bonds. The fraction of sp³-hybridized carbons (Fsp3) is 0.276. The van der Waals surface area contributed by atoms with E-state index >= 15 is 0 Å². The highest BCUT2D eigenvalue weighted by atomic mass is 16.6. The molecule has 2 heterocycles. The van der Waals surface area contributed by atoms with Gasteiger partial charge in [0.15, 0.2) is 17.0 Å². The van der Waals surface area contributed by atoms with Crippen LogP contribution in [0.15, 0.2) is 72.8 Å². The summed E-state index contributed by atoms with van der Waals surface area (Å²) in [6.45, 7) is 1.36. The van der Waals surface area contributed by atoms with E-state index in [0.29, 0.717) is 11.3 Å². The Morgan fingerprint density at radius 1 is 1.10 bits per heavy atom. The predicted molar refractivity (Wildman–Crippen MR) is 144 cm³/mol. The number of hydrogen-bond acceptors (Lipinski definition) is 9. The standard InChI is InChI=1S/C29H27N3O9/c1-16(33)29(28(36)37)23-22(26(34)31(27(23)35)18-10-6-11-19(14-18)32(38)39)24(30-29)20-12-7-13-21(40-2)25(20)41-15-17-8-4-3-5-9-17/h3-14,16,22-24,30,33H,15H2,1-2H3,(H,36,37). The first-order valence-electron chi connectivity index (χ1n) is 12.8. The number of amides is 2. The number of para-hydroxylation sites is 1. The van der Waals surface area contributed by atoms with Crippen LogP contribution in [0.5, 0.6) is 11.5 Å². The van der Waals surface area contributed by atoms with Crippen molar-refractivity contribution in [3.8, 4) is 11.5 Å². The molecule has 3 aromatic carbocycles. The van der Waals surface area contributed by atoms with E-state index in [1.807, 2.05) is 30.3 Å². The van der Waals surface area contributed by atoms with E-state index in [-0.39, 0.29) is 23.7 Å². The first-order valence-corrected chi connectivity index (χ1v) is 12.8. The monoisotopic (exact) mass is 561 g/mol. The minimum atomic E-state index is -2.25. The van der Waals surface area contributed by atoms with Gasteiger partial charge in [0, 0.05) is 23.7 Å². The van der Waals surface area contributed by atoms with Gasteiger partial charge < -0.3 is 19.7 Å². The fourth-order valence-corrected chi connectivity index (χ4v) is 5.79. The SMILES string of the molecule is COc1cccc(C2NC(C(=O)O)(C(C)O)C3C(=O)N(c4cccc([N+](=O)[O-])c4)C(=O)C23)c1OCc1ccccc1. The van der Waals surface area contributed by atoms with Crippen molar-refractivity contribution in [1.82, 2.24) is 5.32 Å². The van der Waals surface area contributed by atoms with Crippen LogP contribution >= 0.6 is 0 Å². The van der Waals surface area contributed by atoms with Gasteiger partial charge in [0.2, 0.25) is 11.8 Å². The Morgan fingerprint density at radius 2 is 1.80 bits per heavy atom. The van der Waals surface area contributed by atoms with Gasteiger partial charge >= 0.3 is 5.97 Å². The molecular weight excluding hydrogens is 534 g/mol. The number of aliphatic carboxylic acids is 1. The maximum absolute atomic E-state index is 14.0. The van der Waals surface area contributed by atoms with Crippen LogP contribution in [-0.2, 0) is 21.0 Å². The van der Waals surface area contributed by atoms with Gasteiger partial charge in [-0.1, -0.05) is 48.5 Å². The summed E-state index contributed by atoms with van der Waals surface area (Å²) in [6, 6.07) is 18.1. The minimum absolute atomic E-state index is 0.0709. The average molecular weight is 562 g/mol. The lowest BCUT2D eigenvalue weighted by atomic mass is 9.76. The third kappa shape index (κ3) is 4.46. The van der Waals surface area contributed by atoms with Gasteiger partial charge in [-0.05, 0) is 24.6 Å². The lowest BCUT2D eigenvalue weighted by molar-refractivity contribution is -0.384. The number of nitro groups is 1. The molecule has 2 aliphatic heterocycles. The van der Waals surface area contributed by atoms with Gasteiger partial charge in [-0.3, -0.25) is 29.8 Å². The normalized spacial score (nSPS) is 24.2. The molecule has 212 valence electrons. The van der Waals surface area contributed by atoms with E-state index in [0.717, 1.165) is 16.5 Å². The summed E-state index contributed by atoms with van der Waals surface area (Å²) < 4.78 is 11.7. The molecule has 41 heavy (non-hydrogen) atoms. The maximum Gasteiger partial charge on any atom is 0.327 e. The van der Waals surface area contributed by atoms with Crippen LogP contribution in [0.2, 0.25) is 0 Å². The third-order valence-corrected chi connectivity index (χ3v) is 7.70. The van der Waals surface area contributed by atoms with Crippen molar-refractivity contribution in [3.63, 3.8) is 0 Å². The molecule has 0 aliphatic carbocycles. The molecule has 2 aliphatic rings. The molecule has 2 fully saturated rings. The van der Waals surface area contributed by atoms with Gasteiger partial charge in [-0.2, -0.15) is 0 Å². The van der Waals surface area contributed by atoms with Crippen LogP contribution in [0.3, 0.4) is 0 Å². The minimum Gasteiger partial charge on any atom is -0.493 e. The van der Waals surface area contributed by atoms with Gasteiger partial charge in [0.05, 0.1) is 35.7 Å². The van der Waals surface area contributed by atoms with Crippen molar-refractivity contribution in [2.45, 2.75) is 31.2 Å². The summed E-state index contributed by atoms with van der Waals surface area (Å²) in [5.41, 5.74) is -1.48. The molecule has 12 nitrogen and oxygen atoms in total. The number of non-ortho nitro benzene ring substituents is 1. The molecule has 0 radical (unpaired) electrons. The highest BCUT2D eigenvalue weighted by Crippen LogP contribution is 2.53. The first-order chi connectivity index (χ1) is 19.6. The number of carbonyl (C=O) groups excluding carboxylic acids is 2. The van der Waals surface area contributed by atoms with Gasteiger partial charge in [-0.25, -0.2) is 4.90 Å². The van der Waals surface area contributed by atoms with Crippen molar-refractivity contribution in [2.24, 2.45) is 11.8 Å². The van der Waals surface area contributed by atoms with Crippen LogP contribution < -0.4 is 19.7 Å². The number of aliphatic hydroxyl groups is 1. The van der Waals surface area contributed by atoms with Gasteiger partial charge in [0.1, 0.15) is 6.61 Å². The highest BCUT2D eigenvalue weighted by molar-refractivity contribution is 6.24. The molecule has 5 rings (SSSR count). The topological polar surface area (TPSA) is 169 Å². The van der Waals surface area contributed by atoms with Crippen molar-refractivity contribution in [3.05, 3.63) is 94.0 Å². The van der Waals surface area contributed by atoms with Crippen LogP contribution in [0.1, 0.15) is 24.1 Å². The number of carboxylic acids is 1. The Morgan fingerprint density at radius 3 is 2.44 bits per heavy atom. The molecule has 0 saturated carbocycles. The number of methoxy groups -OCH3 is 1. The number of rotatable bonds is 9. The average Bonchev–Trinajstić information content (AvgIpc) is 3.46. The molecule has 12 heteroatoms. The number of aliphatic hydroxyl groups excluding tert-OH is 1. The number of benzene rings is 3. The van der Waals surface area contributed by atoms with Crippen molar-refractivity contribution in [1.29, 1.82) is 0 Å². The summed E-state index contributed by atoms with van der Waals surface area (Å²) in [5, 5.41) is 35.5. The van der Waals surface area contributed by atoms with E-state index in [1.165, 1.54) is 32.2 Å². The Bertz CT molecular complexity index is 1530. The second kappa shape index (κ2) is 10.6. The maximum atomic E-state index is 14.0. The van der Waals surface area contributed by atoms with E-state index < -0.39 is 52.2 Å². The summed E-state index contributed by atoms with van der Waals surface area (Å²) in [6.07, 6.45) is -1.61. The van der Waals surface area contributed by atoms with Crippen molar-refractivity contribution >= 4 is 29.2 Å². The number of nitrogens with zero attached hydrogens (tertiary/aromatic N) is 2. The Hall–Kier alpha value is -4.81. The van der Waals surface area contributed by atoms with Crippen molar-refractivity contribution < 1.29 is 39.0 Å². The van der Waals surface area contributed by atoms with Crippen LogP contribution in [0.25, 0.3) is 0 Å². The summed E-state index contributed by atoms with van der Waals surface area (Å²) in [7, 11) is 1.44. The van der Waals surface area contributed by atoms with Crippen molar-refractivity contribution in [2.75, 3.05) is 12.0 Å². The zero-order chi connectivity index (χ0) is 29.5. The van der Waals surface area contributed by atoms with E-state index in [1.54, 1.807) is 18.2 Å². The van der Waals surface area contributed by atoms with E-state index in [4.69, 9.17) is 9.47 Å². The van der Waals surface area contributed by atoms with Gasteiger partial charge in [0.25, 0.3) is 5.69 Å². The van der Waals surface area contributed by atoms with Gasteiger partial charge in [-0.15, -0.1) is 0 Å². The molecule has 0 bridgehead atoms. The molecule has 2 saturated heterocycles. The lowest BCUT2D eigenvalue weighted by Crippen LogP contribution is -2.62. The number of carboxylic acid groups (broad SMARTS) is 1. The Balaban J connectivity index is 1.64. The molecular formula is C29H27N3O9. The Kier molecular flexibility index (Phi) is 7.20. The molecule has 5 unspecified atom stereocenters. The zero-order valence-electron chi connectivity index (χ0n) is 22.1. The number of nitro benzene ring substituents is 1. The number of ether oxygens (including phenoxy) is 2. The number of carbonyl (C=O) groups is 3. The van der Waals surface area contributed by atoms with E-state index in [9.17, 15) is 34.7 Å². The Labute approximate surface area is 234 Å². The summed E-state index contributed by atoms with van der Waals surface area (Å²) in [5.74, 6) is -5.47. The number of anilines is 1. The lowest BCUT2D eigenvalue weighted by Gasteiger charge is -2.33. The quantitative estimate of drug-likeness (QED) is 0.201. The molecule has 0 aromatic heterocycles. The van der Waals surface area contributed by atoms with Crippen LogP contribution in [0, 0.1) is 22.0 Å². The summed E-state index contributed by atoms with van der Waals surface area (Å²) >= 11 is 0. The van der Waals surface area contributed by atoms with Crippen LogP contribution in [0.4, 0.5) is 11.4 Å². The van der Waals surface area contributed by atoms with Crippen LogP contribution in [-0.4, -0.2) is 51.7 Å². The predicted octanol–water partition coefficient (Wildman–Crippen LogP) is 2.84. The highest BCUT2D eigenvalue weighted by Gasteiger charge is 2.70. The van der Waals surface area contributed by atoms with E-state index in [2.05, 4.69) is 5.32 Å². The second-order valence-corrected chi connectivity index (χ2v) is 9.92. The third-order valence-electron chi connectivity index (χ3n) is 7.70. The number of imide groups is 1. The molecule has 3 aromatic rings.